The van der Waals surface area contributed by atoms with Gasteiger partial charge in [-0.15, -0.1) is 0 Å². The standard InChI is InChI=1S/C28H31N5O4/c1-19-4-5-22(36-13-3-10-33-11-14-35-15-12-33)17-23(19)32-28-31-18-25(37-28)21-7-9-29-24(16-21)26-20(2)6-8-30-27(26)34/h4-9,16-18H,3,10-15H2,1-2H3,(H,30,34)(H,31,32). The first-order chi connectivity index (χ1) is 18.1. The second-order valence-electron chi connectivity index (χ2n) is 9.08. The smallest absolute Gasteiger partial charge is 0.299 e. The number of morpholine rings is 1. The van der Waals surface area contributed by atoms with Crippen LogP contribution in [-0.4, -0.2) is 59.3 Å². The fourth-order valence-corrected chi connectivity index (χ4v) is 4.32. The molecule has 4 heterocycles. The molecule has 3 aromatic heterocycles. The molecule has 9 heteroatoms. The minimum atomic E-state index is -0.178. The Morgan fingerprint density at radius 3 is 2.78 bits per heavy atom. The summed E-state index contributed by atoms with van der Waals surface area (Å²) in [5, 5.41) is 3.26. The molecule has 192 valence electrons. The Morgan fingerprint density at radius 1 is 1.08 bits per heavy atom. The molecule has 1 saturated heterocycles. The number of hydrogen-bond acceptors (Lipinski definition) is 8. The van der Waals surface area contributed by atoms with Crippen molar-refractivity contribution in [1.29, 1.82) is 0 Å². The summed E-state index contributed by atoms with van der Waals surface area (Å²) in [6, 6.07) is 11.8. The van der Waals surface area contributed by atoms with Crippen LogP contribution < -0.4 is 15.6 Å². The highest BCUT2D eigenvalue weighted by molar-refractivity contribution is 5.69. The van der Waals surface area contributed by atoms with Crippen LogP contribution in [0.5, 0.6) is 5.75 Å². The van der Waals surface area contributed by atoms with E-state index < -0.39 is 0 Å². The number of aromatic amines is 1. The van der Waals surface area contributed by atoms with E-state index >= 15 is 0 Å². The maximum Gasteiger partial charge on any atom is 0.299 e. The number of nitrogens with zero attached hydrogens (tertiary/aromatic N) is 3. The van der Waals surface area contributed by atoms with E-state index in [1.165, 1.54) is 0 Å². The lowest BCUT2D eigenvalue weighted by Gasteiger charge is -2.26. The summed E-state index contributed by atoms with van der Waals surface area (Å²) in [4.78, 5) is 26.3. The van der Waals surface area contributed by atoms with Crippen molar-refractivity contribution in [3.8, 4) is 28.3 Å². The summed E-state index contributed by atoms with van der Waals surface area (Å²) in [6.07, 6.45) is 5.91. The highest BCUT2D eigenvalue weighted by Crippen LogP contribution is 2.29. The minimum absolute atomic E-state index is 0.178. The molecule has 37 heavy (non-hydrogen) atoms. The molecule has 1 aromatic carbocycles. The van der Waals surface area contributed by atoms with Gasteiger partial charge in [0, 0.05) is 49.3 Å². The van der Waals surface area contributed by atoms with E-state index in [2.05, 4.69) is 25.2 Å². The van der Waals surface area contributed by atoms with Crippen molar-refractivity contribution in [2.45, 2.75) is 20.3 Å². The first-order valence-electron chi connectivity index (χ1n) is 12.5. The van der Waals surface area contributed by atoms with Gasteiger partial charge >= 0.3 is 0 Å². The van der Waals surface area contributed by atoms with E-state index in [1.54, 1.807) is 18.6 Å². The van der Waals surface area contributed by atoms with Crippen molar-refractivity contribution in [3.05, 3.63) is 76.5 Å². The van der Waals surface area contributed by atoms with Crippen LogP contribution in [0.25, 0.3) is 22.6 Å². The number of hydrogen-bond donors (Lipinski definition) is 2. The molecular formula is C28H31N5O4. The first-order valence-corrected chi connectivity index (χ1v) is 12.5. The molecule has 0 atom stereocenters. The van der Waals surface area contributed by atoms with Crippen molar-refractivity contribution in [3.63, 3.8) is 0 Å². The van der Waals surface area contributed by atoms with Crippen LogP contribution in [0.2, 0.25) is 0 Å². The molecule has 0 aliphatic carbocycles. The van der Waals surface area contributed by atoms with Crippen molar-refractivity contribution in [2.75, 3.05) is 44.8 Å². The number of pyridine rings is 2. The molecule has 0 amide bonds. The topological polar surface area (TPSA) is 106 Å². The summed E-state index contributed by atoms with van der Waals surface area (Å²) in [5.41, 5.74) is 4.49. The summed E-state index contributed by atoms with van der Waals surface area (Å²) < 4.78 is 17.4. The Hall–Kier alpha value is -3.95. The zero-order valence-electron chi connectivity index (χ0n) is 21.1. The van der Waals surface area contributed by atoms with E-state index in [-0.39, 0.29) is 5.56 Å². The maximum absolute atomic E-state index is 12.4. The zero-order valence-corrected chi connectivity index (χ0v) is 21.1. The van der Waals surface area contributed by atoms with Gasteiger partial charge in [0.1, 0.15) is 5.75 Å². The molecule has 0 bridgehead atoms. The number of rotatable bonds is 9. The molecule has 5 rings (SSSR count). The van der Waals surface area contributed by atoms with E-state index in [0.29, 0.717) is 29.6 Å². The van der Waals surface area contributed by atoms with Gasteiger partial charge in [-0.3, -0.25) is 14.7 Å². The number of benzene rings is 1. The molecule has 1 aliphatic heterocycles. The lowest BCUT2D eigenvalue weighted by Crippen LogP contribution is -2.37. The summed E-state index contributed by atoms with van der Waals surface area (Å²) in [5.74, 6) is 1.37. The third kappa shape index (κ3) is 6.07. The number of H-pyrrole nitrogens is 1. The number of aromatic nitrogens is 3. The van der Waals surface area contributed by atoms with Crippen molar-refractivity contribution in [1.82, 2.24) is 19.9 Å². The van der Waals surface area contributed by atoms with E-state index in [4.69, 9.17) is 13.9 Å². The lowest BCUT2D eigenvalue weighted by atomic mass is 10.1. The van der Waals surface area contributed by atoms with Crippen molar-refractivity contribution in [2.24, 2.45) is 0 Å². The Labute approximate surface area is 215 Å². The minimum Gasteiger partial charge on any atom is -0.493 e. The second kappa shape index (κ2) is 11.4. The third-order valence-corrected chi connectivity index (χ3v) is 6.42. The van der Waals surface area contributed by atoms with E-state index in [0.717, 1.165) is 67.4 Å². The molecule has 0 radical (unpaired) electrons. The van der Waals surface area contributed by atoms with Gasteiger partial charge < -0.3 is 24.2 Å². The zero-order chi connectivity index (χ0) is 25.6. The SMILES string of the molecule is Cc1ccc(OCCCN2CCOCC2)cc1Nc1ncc(-c2ccnc(-c3c(C)cc[nH]c3=O)c2)o1. The number of ether oxygens (including phenoxy) is 2. The molecule has 9 nitrogen and oxygen atoms in total. The van der Waals surface area contributed by atoms with E-state index in [9.17, 15) is 4.79 Å². The summed E-state index contributed by atoms with van der Waals surface area (Å²) >= 11 is 0. The molecule has 0 spiro atoms. The Morgan fingerprint density at radius 2 is 1.95 bits per heavy atom. The Bertz CT molecular complexity index is 1410. The predicted molar refractivity (Wildman–Crippen MR) is 142 cm³/mol. The Balaban J connectivity index is 1.24. The van der Waals surface area contributed by atoms with Crippen LogP contribution in [0.3, 0.4) is 0 Å². The second-order valence-corrected chi connectivity index (χ2v) is 9.08. The highest BCUT2D eigenvalue weighted by Gasteiger charge is 2.13. The quantitative estimate of drug-likeness (QED) is 0.322. The average Bonchev–Trinajstić information content (AvgIpc) is 3.38. The Kier molecular flexibility index (Phi) is 7.62. The molecule has 1 aliphatic rings. The monoisotopic (exact) mass is 501 g/mol. The van der Waals surface area contributed by atoms with Crippen LogP contribution >= 0.6 is 0 Å². The molecule has 4 aromatic rings. The maximum atomic E-state index is 12.4. The van der Waals surface area contributed by atoms with Crippen molar-refractivity contribution < 1.29 is 13.9 Å². The molecule has 1 fully saturated rings. The van der Waals surface area contributed by atoms with Gasteiger partial charge in [-0.1, -0.05) is 6.07 Å². The number of anilines is 2. The van der Waals surface area contributed by atoms with Crippen LogP contribution in [0.4, 0.5) is 11.7 Å². The van der Waals surface area contributed by atoms with Gasteiger partial charge in [0.25, 0.3) is 11.6 Å². The lowest BCUT2D eigenvalue weighted by molar-refractivity contribution is 0.0358. The fourth-order valence-electron chi connectivity index (χ4n) is 4.32. The molecule has 2 N–H and O–H groups in total. The van der Waals surface area contributed by atoms with Crippen LogP contribution in [-0.2, 0) is 4.74 Å². The van der Waals surface area contributed by atoms with Gasteiger partial charge in [-0.25, -0.2) is 4.98 Å². The van der Waals surface area contributed by atoms with Crippen LogP contribution in [0.15, 0.2) is 64.2 Å². The first kappa shape index (κ1) is 24.7. The van der Waals surface area contributed by atoms with Crippen LogP contribution in [0, 0.1) is 13.8 Å². The number of aryl methyl sites for hydroxylation is 2. The highest BCUT2D eigenvalue weighted by atomic mass is 16.5. The normalized spacial score (nSPS) is 14.0. The van der Waals surface area contributed by atoms with Gasteiger partial charge in [-0.05, 0) is 55.7 Å². The number of nitrogens with one attached hydrogen (secondary N) is 2. The fraction of sp³-hybridized carbons (Fsp3) is 0.321. The average molecular weight is 502 g/mol. The molecule has 0 unspecified atom stereocenters. The molecular weight excluding hydrogens is 470 g/mol. The van der Waals surface area contributed by atoms with Gasteiger partial charge in [0.2, 0.25) is 0 Å². The van der Waals surface area contributed by atoms with E-state index in [1.807, 2.05) is 50.2 Å². The number of oxazole rings is 1. The predicted octanol–water partition coefficient (Wildman–Crippen LogP) is 4.55. The van der Waals surface area contributed by atoms with Crippen molar-refractivity contribution >= 4 is 11.7 Å². The van der Waals surface area contributed by atoms with Gasteiger partial charge in [0.15, 0.2) is 5.76 Å². The summed E-state index contributed by atoms with van der Waals surface area (Å²) in [6.45, 7) is 9.16. The van der Waals surface area contributed by atoms with Crippen LogP contribution in [0.1, 0.15) is 17.5 Å². The molecule has 0 saturated carbocycles. The van der Waals surface area contributed by atoms with Gasteiger partial charge in [-0.2, -0.15) is 0 Å². The largest absolute Gasteiger partial charge is 0.493 e. The summed E-state index contributed by atoms with van der Waals surface area (Å²) in [7, 11) is 0. The third-order valence-electron chi connectivity index (χ3n) is 6.42. The van der Waals surface area contributed by atoms with Gasteiger partial charge in [0.05, 0.1) is 37.3 Å².